The monoisotopic (exact) mass is 290 g/mol. The Bertz CT molecular complexity index is 425. The van der Waals surface area contributed by atoms with Crippen molar-refractivity contribution < 1.29 is 4.79 Å². The molecule has 0 radical (unpaired) electrons. The van der Waals surface area contributed by atoms with Gasteiger partial charge in [0.05, 0.1) is 6.04 Å². The van der Waals surface area contributed by atoms with E-state index in [-0.39, 0.29) is 18.0 Å². The van der Waals surface area contributed by atoms with Gasteiger partial charge in [-0.15, -0.1) is 0 Å². The summed E-state index contributed by atoms with van der Waals surface area (Å²) in [5.74, 6) is 0.697. The van der Waals surface area contributed by atoms with E-state index in [1.165, 1.54) is 5.56 Å². The fourth-order valence-corrected chi connectivity index (χ4v) is 2.51. The molecule has 2 atom stereocenters. The van der Waals surface area contributed by atoms with Gasteiger partial charge in [0.15, 0.2) is 0 Å². The highest BCUT2D eigenvalue weighted by molar-refractivity contribution is 5.77. The van der Waals surface area contributed by atoms with Gasteiger partial charge in [-0.25, -0.2) is 0 Å². The molecule has 1 amide bonds. The molecule has 3 N–H and O–H groups in total. The second-order valence-electron chi connectivity index (χ2n) is 6.38. The average Bonchev–Trinajstić information content (AvgIpc) is 2.38. The molecule has 0 saturated carbocycles. The van der Waals surface area contributed by atoms with Crippen LogP contribution in [0.15, 0.2) is 24.3 Å². The van der Waals surface area contributed by atoms with Gasteiger partial charge in [-0.3, -0.25) is 4.79 Å². The summed E-state index contributed by atoms with van der Waals surface area (Å²) in [7, 11) is 0. The Balaban J connectivity index is 2.51. The van der Waals surface area contributed by atoms with Crippen molar-refractivity contribution in [2.24, 2.45) is 11.7 Å². The second kappa shape index (κ2) is 8.83. The summed E-state index contributed by atoms with van der Waals surface area (Å²) in [5, 5.41) is 3.03. The van der Waals surface area contributed by atoms with Gasteiger partial charge < -0.3 is 11.1 Å². The lowest BCUT2D eigenvalue weighted by Gasteiger charge is -2.17. The van der Waals surface area contributed by atoms with Crippen molar-refractivity contribution in [1.29, 1.82) is 0 Å². The third kappa shape index (κ3) is 6.76. The zero-order valence-electron chi connectivity index (χ0n) is 13.9. The van der Waals surface area contributed by atoms with Gasteiger partial charge in [0, 0.05) is 12.5 Å². The molecule has 0 bridgehead atoms. The van der Waals surface area contributed by atoms with E-state index in [2.05, 4.69) is 50.4 Å². The number of benzene rings is 1. The summed E-state index contributed by atoms with van der Waals surface area (Å²) >= 11 is 0. The van der Waals surface area contributed by atoms with Crippen LogP contribution in [0.3, 0.4) is 0 Å². The Labute approximate surface area is 129 Å². The Hall–Kier alpha value is -1.35. The molecule has 21 heavy (non-hydrogen) atoms. The molecule has 1 rings (SSSR count). The molecule has 0 spiro atoms. The minimum atomic E-state index is -0.0318. The molecule has 3 heteroatoms. The maximum atomic E-state index is 11.9. The molecule has 0 saturated heterocycles. The molecule has 118 valence electrons. The highest BCUT2D eigenvalue weighted by atomic mass is 16.1. The largest absolute Gasteiger partial charge is 0.350 e. The number of rotatable bonds is 8. The lowest BCUT2D eigenvalue weighted by molar-refractivity contribution is -0.122. The van der Waals surface area contributed by atoms with Gasteiger partial charge in [-0.2, -0.15) is 0 Å². The van der Waals surface area contributed by atoms with E-state index in [9.17, 15) is 4.79 Å². The fraction of sp³-hybridized carbons (Fsp3) is 0.611. The minimum Gasteiger partial charge on any atom is -0.350 e. The summed E-state index contributed by atoms with van der Waals surface area (Å²) in [5.41, 5.74) is 8.39. The molecular formula is C18H30N2O. The van der Waals surface area contributed by atoms with Crippen molar-refractivity contribution in [3.05, 3.63) is 35.4 Å². The first kappa shape index (κ1) is 17.7. The quantitative estimate of drug-likeness (QED) is 0.769. The number of carbonyl (C=O) groups is 1. The van der Waals surface area contributed by atoms with Crippen molar-refractivity contribution in [3.63, 3.8) is 0 Å². The van der Waals surface area contributed by atoms with Crippen LogP contribution in [0.25, 0.3) is 0 Å². The van der Waals surface area contributed by atoms with E-state index in [0.717, 1.165) is 24.8 Å². The van der Waals surface area contributed by atoms with Crippen molar-refractivity contribution in [2.75, 3.05) is 0 Å². The van der Waals surface area contributed by atoms with Crippen LogP contribution in [0.1, 0.15) is 64.1 Å². The summed E-state index contributed by atoms with van der Waals surface area (Å²) in [6, 6.07) is 8.51. The first-order chi connectivity index (χ1) is 9.92. The van der Waals surface area contributed by atoms with E-state index in [4.69, 9.17) is 5.73 Å². The number of nitrogens with two attached hydrogens (primary N) is 1. The third-order valence-electron chi connectivity index (χ3n) is 3.61. The molecular weight excluding hydrogens is 260 g/mol. The van der Waals surface area contributed by atoms with Gasteiger partial charge >= 0.3 is 0 Å². The maximum absolute atomic E-state index is 11.9. The van der Waals surface area contributed by atoms with E-state index in [1.54, 1.807) is 0 Å². The van der Waals surface area contributed by atoms with E-state index in [1.807, 2.05) is 6.92 Å². The minimum absolute atomic E-state index is 0.0272. The van der Waals surface area contributed by atoms with Crippen molar-refractivity contribution in [1.82, 2.24) is 5.32 Å². The maximum Gasteiger partial charge on any atom is 0.222 e. The van der Waals surface area contributed by atoms with Crippen molar-refractivity contribution >= 4 is 5.91 Å². The lowest BCUT2D eigenvalue weighted by Crippen LogP contribution is -2.33. The Morgan fingerprint density at radius 1 is 1.19 bits per heavy atom. The number of nitrogens with one attached hydrogen (secondary N) is 1. The Kier molecular flexibility index (Phi) is 7.44. The molecule has 0 aromatic heterocycles. The van der Waals surface area contributed by atoms with E-state index in [0.29, 0.717) is 12.3 Å². The predicted octanol–water partition coefficient (Wildman–Crippen LogP) is 3.58. The molecule has 3 nitrogen and oxygen atoms in total. The van der Waals surface area contributed by atoms with Crippen LogP contribution in [0.4, 0.5) is 0 Å². The van der Waals surface area contributed by atoms with Gasteiger partial charge in [0.2, 0.25) is 5.91 Å². The van der Waals surface area contributed by atoms with E-state index >= 15 is 0 Å². The van der Waals surface area contributed by atoms with Crippen LogP contribution in [-0.2, 0) is 11.2 Å². The Morgan fingerprint density at radius 3 is 2.33 bits per heavy atom. The first-order valence-corrected chi connectivity index (χ1v) is 8.06. The smallest absolute Gasteiger partial charge is 0.222 e. The highest BCUT2D eigenvalue weighted by Crippen LogP contribution is 2.16. The SMILES string of the molecule is CCCC(N)CC(=O)NC(C)c1ccc(CC(C)C)cc1. The molecule has 0 aliphatic rings. The highest BCUT2D eigenvalue weighted by Gasteiger charge is 2.12. The van der Waals surface area contributed by atoms with E-state index < -0.39 is 0 Å². The van der Waals surface area contributed by atoms with Crippen molar-refractivity contribution in [2.45, 2.75) is 65.5 Å². The van der Waals surface area contributed by atoms with Crippen LogP contribution in [-0.4, -0.2) is 11.9 Å². The summed E-state index contributed by atoms with van der Waals surface area (Å²) in [4.78, 5) is 11.9. The summed E-state index contributed by atoms with van der Waals surface area (Å²) < 4.78 is 0. The lowest BCUT2D eigenvalue weighted by atomic mass is 10.00. The molecule has 0 aliphatic heterocycles. The van der Waals surface area contributed by atoms with Crippen LogP contribution in [0, 0.1) is 5.92 Å². The van der Waals surface area contributed by atoms with Crippen LogP contribution in [0.5, 0.6) is 0 Å². The van der Waals surface area contributed by atoms with Crippen LogP contribution < -0.4 is 11.1 Å². The topological polar surface area (TPSA) is 55.1 Å². The third-order valence-corrected chi connectivity index (χ3v) is 3.61. The number of amides is 1. The molecule has 1 aromatic carbocycles. The van der Waals surface area contributed by atoms with Crippen LogP contribution in [0.2, 0.25) is 0 Å². The van der Waals surface area contributed by atoms with Gasteiger partial charge in [0.25, 0.3) is 0 Å². The number of hydrogen-bond acceptors (Lipinski definition) is 2. The van der Waals surface area contributed by atoms with Gasteiger partial charge in [-0.05, 0) is 36.8 Å². The average molecular weight is 290 g/mol. The first-order valence-electron chi connectivity index (χ1n) is 8.06. The second-order valence-corrected chi connectivity index (χ2v) is 6.38. The van der Waals surface area contributed by atoms with Crippen molar-refractivity contribution in [3.8, 4) is 0 Å². The molecule has 0 heterocycles. The van der Waals surface area contributed by atoms with Gasteiger partial charge in [-0.1, -0.05) is 51.5 Å². The summed E-state index contributed by atoms with van der Waals surface area (Å²) in [6.45, 7) is 8.53. The van der Waals surface area contributed by atoms with Gasteiger partial charge in [0.1, 0.15) is 0 Å². The summed E-state index contributed by atoms with van der Waals surface area (Å²) in [6.07, 6.45) is 3.41. The fourth-order valence-electron chi connectivity index (χ4n) is 2.51. The molecule has 2 unspecified atom stereocenters. The molecule has 1 aromatic rings. The number of carbonyl (C=O) groups excluding carboxylic acids is 1. The van der Waals surface area contributed by atoms with Crippen LogP contribution >= 0.6 is 0 Å². The number of hydrogen-bond donors (Lipinski definition) is 2. The predicted molar refractivity (Wildman–Crippen MR) is 89.0 cm³/mol. The zero-order valence-corrected chi connectivity index (χ0v) is 13.9. The Morgan fingerprint density at radius 2 is 1.81 bits per heavy atom. The molecule has 0 aliphatic carbocycles. The standard InChI is InChI=1S/C18H30N2O/c1-5-6-17(19)12-18(21)20-14(4)16-9-7-15(8-10-16)11-13(2)3/h7-10,13-14,17H,5-6,11-12,19H2,1-4H3,(H,20,21). The molecule has 0 fully saturated rings. The normalized spacial score (nSPS) is 14.0. The zero-order chi connectivity index (χ0) is 15.8.